The Balaban J connectivity index is 1.67. The molecule has 0 saturated carbocycles. The second-order valence-corrected chi connectivity index (χ2v) is 8.43. The van der Waals surface area contributed by atoms with Gasteiger partial charge in [-0.25, -0.2) is 9.48 Å². The van der Waals surface area contributed by atoms with Crippen molar-refractivity contribution in [2.24, 2.45) is 0 Å². The smallest absolute Gasteiger partial charge is 0.487 e. The van der Waals surface area contributed by atoms with Crippen LogP contribution in [0.3, 0.4) is 0 Å². The Labute approximate surface area is 223 Å². The number of ether oxygens (including phenoxy) is 2. The molecule has 0 amide bonds. The van der Waals surface area contributed by atoms with E-state index in [1.54, 1.807) is 13.0 Å². The highest BCUT2D eigenvalue weighted by Crippen LogP contribution is 2.33. The van der Waals surface area contributed by atoms with Gasteiger partial charge in [-0.05, 0) is 61.5 Å². The van der Waals surface area contributed by atoms with Crippen LogP contribution in [0.4, 0.5) is 26.3 Å². The van der Waals surface area contributed by atoms with Gasteiger partial charge in [0.25, 0.3) is 0 Å². The molecule has 0 aliphatic carbocycles. The number of hydrogen-bond acceptors (Lipinski definition) is 6. The quantitative estimate of drug-likeness (QED) is 0.128. The summed E-state index contributed by atoms with van der Waals surface area (Å²) in [4.78, 5) is 20.4. The first kappa shape index (κ1) is 28.3. The number of carbonyl (C=O) groups is 1. The number of hydrogen-bond donors (Lipinski definition) is 0. The Kier molecular flexibility index (Phi) is 7.93. The van der Waals surface area contributed by atoms with E-state index in [-0.39, 0.29) is 35.0 Å². The van der Waals surface area contributed by atoms with Gasteiger partial charge in [0, 0.05) is 18.1 Å². The van der Waals surface area contributed by atoms with Crippen LogP contribution >= 0.6 is 0 Å². The normalized spacial score (nSPS) is 11.7. The Bertz CT molecular complexity index is 1510. The summed E-state index contributed by atoms with van der Waals surface area (Å²) < 4.78 is 89.4. The minimum atomic E-state index is -4.93. The first-order valence-electron chi connectivity index (χ1n) is 11.5. The van der Waals surface area contributed by atoms with Gasteiger partial charge in [0.2, 0.25) is 0 Å². The summed E-state index contributed by atoms with van der Waals surface area (Å²) >= 11 is 0. The molecule has 0 saturated heterocycles. The third-order valence-electron chi connectivity index (χ3n) is 5.32. The molecule has 0 aliphatic heterocycles. The molecule has 4 rings (SSSR count). The Morgan fingerprint density at radius 3 is 2.33 bits per heavy atom. The van der Waals surface area contributed by atoms with Crippen LogP contribution < -0.4 is 14.4 Å². The molecule has 0 bridgehead atoms. The molecule has 40 heavy (non-hydrogen) atoms. The summed E-state index contributed by atoms with van der Waals surface area (Å²) in [6.07, 6.45) is -9.56. The molecule has 4 aromatic rings. The zero-order chi connectivity index (χ0) is 29.1. The van der Waals surface area contributed by atoms with Crippen LogP contribution in [0.2, 0.25) is 0 Å². The average molecular weight is 566 g/mol. The molecule has 0 radical (unpaired) electrons. The van der Waals surface area contributed by atoms with Gasteiger partial charge in [0.05, 0.1) is 16.9 Å². The van der Waals surface area contributed by atoms with Crippen molar-refractivity contribution in [3.63, 3.8) is 0 Å². The third kappa shape index (κ3) is 7.24. The van der Waals surface area contributed by atoms with Gasteiger partial charge in [0.1, 0.15) is 23.8 Å². The molecular weight excluding hydrogens is 546 g/mol. The summed E-state index contributed by atoms with van der Waals surface area (Å²) in [6.45, 7) is 2.72. The highest BCUT2D eigenvalue weighted by Gasteiger charge is 2.32. The minimum absolute atomic E-state index is 0.0287. The molecule has 0 fully saturated rings. The van der Waals surface area contributed by atoms with Crippen molar-refractivity contribution in [2.45, 2.75) is 33.0 Å². The fourth-order valence-electron chi connectivity index (χ4n) is 3.64. The molecule has 3 aromatic carbocycles. The van der Waals surface area contributed by atoms with Crippen molar-refractivity contribution >= 4 is 5.97 Å². The van der Waals surface area contributed by atoms with Crippen LogP contribution in [0, 0.1) is 6.92 Å². The SMILES string of the molecule is CC(=O)OOc1ccc(OCc2cc(-c3cccc(OC(F)(F)F)c3)n(-c3cccc(C(F)(F)F)c3)n2)cc1C. The van der Waals surface area contributed by atoms with Crippen LogP contribution in [0.15, 0.2) is 72.8 Å². The molecule has 210 valence electrons. The Morgan fingerprint density at radius 1 is 0.900 bits per heavy atom. The van der Waals surface area contributed by atoms with Crippen molar-refractivity contribution in [1.29, 1.82) is 0 Å². The van der Waals surface area contributed by atoms with E-state index >= 15 is 0 Å². The summed E-state index contributed by atoms with van der Waals surface area (Å²) in [5.74, 6) is -0.489. The van der Waals surface area contributed by atoms with Crippen molar-refractivity contribution in [3.05, 3.63) is 89.6 Å². The first-order chi connectivity index (χ1) is 18.8. The highest BCUT2D eigenvalue weighted by atomic mass is 19.4. The van der Waals surface area contributed by atoms with E-state index in [0.29, 0.717) is 11.3 Å². The number of aryl methyl sites for hydroxylation is 1. The lowest BCUT2D eigenvalue weighted by molar-refractivity contribution is -0.274. The lowest BCUT2D eigenvalue weighted by Crippen LogP contribution is -2.17. The number of rotatable bonds is 8. The molecule has 7 nitrogen and oxygen atoms in total. The van der Waals surface area contributed by atoms with Crippen molar-refractivity contribution in [2.75, 3.05) is 0 Å². The van der Waals surface area contributed by atoms with Gasteiger partial charge in [-0.2, -0.15) is 18.3 Å². The number of aromatic nitrogens is 2. The maximum Gasteiger partial charge on any atom is 0.573 e. The fourth-order valence-corrected chi connectivity index (χ4v) is 3.64. The number of benzene rings is 3. The maximum absolute atomic E-state index is 13.4. The van der Waals surface area contributed by atoms with Crippen LogP contribution in [-0.2, 0) is 22.5 Å². The maximum atomic E-state index is 13.4. The average Bonchev–Trinajstić information content (AvgIpc) is 3.30. The standard InChI is InChI=1S/C27H20F6N2O5/c1-16-11-22(9-10-25(16)40-39-17(2)36)37-15-20-14-24(18-5-3-8-23(12-18)38-27(31,32)33)35(34-20)21-7-4-6-19(13-21)26(28,29)30/h3-14H,15H2,1-2H3. The van der Waals surface area contributed by atoms with E-state index in [9.17, 15) is 31.1 Å². The van der Waals surface area contributed by atoms with Gasteiger partial charge >= 0.3 is 18.5 Å². The molecule has 0 atom stereocenters. The van der Waals surface area contributed by atoms with Crippen LogP contribution in [0.5, 0.6) is 17.2 Å². The molecule has 13 heteroatoms. The van der Waals surface area contributed by atoms with Gasteiger partial charge in [-0.1, -0.05) is 18.2 Å². The number of carbonyl (C=O) groups excluding carboxylic acids is 1. The Hall–Kier alpha value is -4.68. The monoisotopic (exact) mass is 566 g/mol. The predicted molar refractivity (Wildman–Crippen MR) is 129 cm³/mol. The molecule has 0 spiro atoms. The summed E-state index contributed by atoms with van der Waals surface area (Å²) in [5, 5.41) is 4.37. The molecule has 1 aromatic heterocycles. The third-order valence-corrected chi connectivity index (χ3v) is 5.32. The molecule has 0 unspecified atom stereocenters. The number of halogens is 6. The van der Waals surface area contributed by atoms with Gasteiger partial charge in [-0.15, -0.1) is 13.2 Å². The largest absolute Gasteiger partial charge is 0.573 e. The minimum Gasteiger partial charge on any atom is -0.487 e. The fraction of sp³-hybridized carbons (Fsp3) is 0.185. The predicted octanol–water partition coefficient (Wildman–Crippen LogP) is 7.20. The topological polar surface area (TPSA) is 71.8 Å². The van der Waals surface area contributed by atoms with Crippen LogP contribution in [-0.4, -0.2) is 22.1 Å². The summed E-state index contributed by atoms with van der Waals surface area (Å²) in [6, 6.07) is 15.5. The highest BCUT2D eigenvalue weighted by molar-refractivity contribution is 5.65. The van der Waals surface area contributed by atoms with Crippen molar-refractivity contribution in [1.82, 2.24) is 9.78 Å². The van der Waals surface area contributed by atoms with E-state index in [2.05, 4.69) is 14.7 Å². The van der Waals surface area contributed by atoms with Crippen molar-refractivity contribution < 1.29 is 50.4 Å². The van der Waals surface area contributed by atoms with Gasteiger partial charge in [-0.3, -0.25) is 9.78 Å². The van der Waals surface area contributed by atoms with E-state index in [1.165, 1.54) is 54.1 Å². The summed E-state index contributed by atoms with van der Waals surface area (Å²) in [7, 11) is 0. The van der Waals surface area contributed by atoms with E-state index < -0.39 is 29.8 Å². The first-order valence-corrected chi connectivity index (χ1v) is 11.5. The zero-order valence-electron chi connectivity index (χ0n) is 20.8. The number of alkyl halides is 6. The van der Waals surface area contributed by atoms with Gasteiger partial charge in [0.15, 0.2) is 5.75 Å². The van der Waals surface area contributed by atoms with Crippen LogP contribution in [0.25, 0.3) is 16.9 Å². The van der Waals surface area contributed by atoms with E-state index in [4.69, 9.17) is 9.62 Å². The summed E-state index contributed by atoms with van der Waals surface area (Å²) in [5.41, 5.74) is 0.362. The second kappa shape index (κ2) is 11.2. The number of nitrogens with zero attached hydrogens (tertiary/aromatic N) is 2. The lowest BCUT2D eigenvalue weighted by atomic mass is 10.1. The molecule has 0 N–H and O–H groups in total. The second-order valence-electron chi connectivity index (χ2n) is 8.43. The molecular formula is C27H20F6N2O5. The lowest BCUT2D eigenvalue weighted by Gasteiger charge is -2.13. The van der Waals surface area contributed by atoms with Gasteiger partial charge < -0.3 is 9.47 Å². The van der Waals surface area contributed by atoms with E-state index in [1.807, 2.05) is 0 Å². The Morgan fingerprint density at radius 2 is 1.65 bits per heavy atom. The molecule has 0 aliphatic rings. The van der Waals surface area contributed by atoms with Crippen LogP contribution in [0.1, 0.15) is 23.7 Å². The van der Waals surface area contributed by atoms with E-state index in [0.717, 1.165) is 24.3 Å². The van der Waals surface area contributed by atoms with Crippen molar-refractivity contribution in [3.8, 4) is 34.2 Å². The zero-order valence-corrected chi connectivity index (χ0v) is 20.8. The molecule has 1 heterocycles.